The number of aryl methyl sites for hydroxylation is 1. The van der Waals surface area contributed by atoms with Crippen molar-refractivity contribution < 1.29 is 4.79 Å². The summed E-state index contributed by atoms with van der Waals surface area (Å²) in [6, 6.07) is 7.32. The third-order valence-electron chi connectivity index (χ3n) is 5.09. The molecule has 150 valence electrons. The van der Waals surface area contributed by atoms with Gasteiger partial charge in [0.15, 0.2) is 0 Å². The van der Waals surface area contributed by atoms with Gasteiger partial charge >= 0.3 is 0 Å². The van der Waals surface area contributed by atoms with Gasteiger partial charge in [-0.15, -0.1) is 0 Å². The van der Waals surface area contributed by atoms with E-state index in [2.05, 4.69) is 31.3 Å². The molecule has 30 heavy (non-hydrogen) atoms. The molecule has 9 nitrogen and oxygen atoms in total. The molecule has 3 N–H and O–H groups in total. The second-order valence-corrected chi connectivity index (χ2v) is 7.38. The summed E-state index contributed by atoms with van der Waals surface area (Å²) in [5.74, 6) is 0.190. The number of aromatic nitrogens is 5. The molecular formula is C21H20N8O. The lowest BCUT2D eigenvalue weighted by Crippen LogP contribution is -2.56. The van der Waals surface area contributed by atoms with Gasteiger partial charge in [0.1, 0.15) is 5.82 Å². The lowest BCUT2D eigenvalue weighted by molar-refractivity contribution is 0.102. The number of nitrogens with zero attached hydrogens (tertiary/aromatic N) is 6. The first-order valence-corrected chi connectivity index (χ1v) is 9.58. The standard InChI is InChI=1S/C21H20N8O/c1-28-10-15(9-25-28)20-18(29-11-16(22)12-29)6-14-8-24-19(7-17(14)26-20)27-21(30)13-2-4-23-5-3-13/h2-10,16H,11-12,22H2,1H3,(H,24,27,30). The molecule has 1 fully saturated rings. The highest BCUT2D eigenvalue weighted by Gasteiger charge is 2.27. The number of rotatable bonds is 4. The summed E-state index contributed by atoms with van der Waals surface area (Å²) in [7, 11) is 1.88. The molecule has 0 radical (unpaired) electrons. The molecule has 0 bridgehead atoms. The van der Waals surface area contributed by atoms with Crippen LogP contribution in [0.1, 0.15) is 10.4 Å². The number of amides is 1. The Hall–Kier alpha value is -3.85. The first-order chi connectivity index (χ1) is 14.6. The van der Waals surface area contributed by atoms with Crippen molar-refractivity contribution in [2.24, 2.45) is 12.8 Å². The summed E-state index contributed by atoms with van der Waals surface area (Å²) >= 11 is 0. The van der Waals surface area contributed by atoms with Gasteiger partial charge in [-0.1, -0.05) is 0 Å². The lowest BCUT2D eigenvalue weighted by Gasteiger charge is -2.39. The van der Waals surface area contributed by atoms with Crippen molar-refractivity contribution in [3.05, 3.63) is 60.8 Å². The predicted octanol–water partition coefficient (Wildman–Crippen LogP) is 1.82. The number of hydrogen-bond donors (Lipinski definition) is 2. The largest absolute Gasteiger partial charge is 0.367 e. The van der Waals surface area contributed by atoms with Crippen LogP contribution in [-0.4, -0.2) is 49.8 Å². The molecule has 0 atom stereocenters. The van der Waals surface area contributed by atoms with Crippen LogP contribution in [0.25, 0.3) is 22.2 Å². The quantitative estimate of drug-likeness (QED) is 0.537. The first kappa shape index (κ1) is 18.2. The minimum Gasteiger partial charge on any atom is -0.367 e. The highest BCUT2D eigenvalue weighted by atomic mass is 16.1. The molecule has 1 saturated heterocycles. The normalized spacial score (nSPS) is 14.0. The number of nitrogens with one attached hydrogen (secondary N) is 1. The highest BCUT2D eigenvalue weighted by Crippen LogP contribution is 2.34. The number of anilines is 2. The zero-order valence-electron chi connectivity index (χ0n) is 16.4. The van der Waals surface area contributed by atoms with Crippen molar-refractivity contribution in [1.82, 2.24) is 24.7 Å². The van der Waals surface area contributed by atoms with Gasteiger partial charge in [-0.2, -0.15) is 5.10 Å². The van der Waals surface area contributed by atoms with Gasteiger partial charge in [0.2, 0.25) is 0 Å². The van der Waals surface area contributed by atoms with E-state index in [1.54, 1.807) is 47.7 Å². The second kappa shape index (κ2) is 7.20. The number of hydrogen-bond acceptors (Lipinski definition) is 7. The summed E-state index contributed by atoms with van der Waals surface area (Å²) in [6.07, 6.45) is 8.61. The molecule has 0 spiro atoms. The number of carbonyl (C=O) groups is 1. The zero-order chi connectivity index (χ0) is 20.7. The molecule has 5 rings (SSSR count). The monoisotopic (exact) mass is 400 g/mol. The Kier molecular flexibility index (Phi) is 4.36. The summed E-state index contributed by atoms with van der Waals surface area (Å²) in [6.45, 7) is 1.57. The fourth-order valence-corrected chi connectivity index (χ4v) is 3.52. The van der Waals surface area contributed by atoms with Gasteiger partial charge in [0, 0.05) is 73.5 Å². The van der Waals surface area contributed by atoms with Gasteiger partial charge in [0.05, 0.1) is 23.1 Å². The van der Waals surface area contributed by atoms with Crippen LogP contribution in [0, 0.1) is 0 Å². The molecule has 5 heterocycles. The molecule has 0 unspecified atom stereocenters. The average Bonchev–Trinajstić information content (AvgIpc) is 3.17. The van der Waals surface area contributed by atoms with E-state index in [0.717, 1.165) is 40.9 Å². The third kappa shape index (κ3) is 3.35. The van der Waals surface area contributed by atoms with Crippen LogP contribution in [0.5, 0.6) is 0 Å². The predicted molar refractivity (Wildman–Crippen MR) is 114 cm³/mol. The maximum Gasteiger partial charge on any atom is 0.256 e. The van der Waals surface area contributed by atoms with Crippen molar-refractivity contribution in [3.8, 4) is 11.3 Å². The van der Waals surface area contributed by atoms with Gasteiger partial charge in [-0.05, 0) is 18.2 Å². The van der Waals surface area contributed by atoms with E-state index in [1.165, 1.54) is 0 Å². The minimum atomic E-state index is -0.247. The van der Waals surface area contributed by atoms with E-state index in [4.69, 9.17) is 10.7 Å². The Morgan fingerprint density at radius 3 is 2.70 bits per heavy atom. The Bertz CT molecular complexity index is 1230. The van der Waals surface area contributed by atoms with Crippen LogP contribution in [0.15, 0.2) is 55.2 Å². The van der Waals surface area contributed by atoms with Crippen LogP contribution in [-0.2, 0) is 7.05 Å². The third-order valence-corrected chi connectivity index (χ3v) is 5.09. The maximum atomic E-state index is 12.4. The lowest BCUT2D eigenvalue weighted by atomic mass is 10.0. The molecule has 0 aliphatic carbocycles. The average molecular weight is 400 g/mol. The number of pyridine rings is 3. The van der Waals surface area contributed by atoms with Gasteiger partial charge in [0.25, 0.3) is 5.91 Å². The molecule has 0 aromatic carbocycles. The Labute approximate surface area is 172 Å². The van der Waals surface area contributed by atoms with E-state index in [1.807, 2.05) is 13.2 Å². The number of nitrogens with two attached hydrogens (primary N) is 1. The molecule has 4 aromatic heterocycles. The van der Waals surface area contributed by atoms with Crippen molar-refractivity contribution in [3.63, 3.8) is 0 Å². The van der Waals surface area contributed by atoms with Crippen molar-refractivity contribution in [2.45, 2.75) is 6.04 Å². The molecule has 1 aliphatic heterocycles. The van der Waals surface area contributed by atoms with Gasteiger partial charge < -0.3 is 16.0 Å². The van der Waals surface area contributed by atoms with Crippen LogP contribution in [0.2, 0.25) is 0 Å². The second-order valence-electron chi connectivity index (χ2n) is 7.38. The fraction of sp³-hybridized carbons (Fsp3) is 0.190. The Balaban J connectivity index is 1.53. The van der Waals surface area contributed by atoms with Crippen LogP contribution >= 0.6 is 0 Å². The Morgan fingerprint density at radius 2 is 2.00 bits per heavy atom. The van der Waals surface area contributed by atoms with E-state index in [-0.39, 0.29) is 11.9 Å². The molecule has 9 heteroatoms. The van der Waals surface area contributed by atoms with Crippen molar-refractivity contribution in [1.29, 1.82) is 0 Å². The van der Waals surface area contributed by atoms with Gasteiger partial charge in [-0.25, -0.2) is 9.97 Å². The Morgan fingerprint density at radius 1 is 1.20 bits per heavy atom. The molecule has 0 saturated carbocycles. The SMILES string of the molecule is Cn1cc(-c2nc3cc(NC(=O)c4ccncc4)ncc3cc2N2CC(N)C2)cn1. The summed E-state index contributed by atoms with van der Waals surface area (Å²) in [5.41, 5.74) is 10.0. The number of fused-ring (bicyclic) bond motifs is 1. The van der Waals surface area contributed by atoms with E-state index < -0.39 is 0 Å². The van der Waals surface area contributed by atoms with Crippen LogP contribution < -0.4 is 16.0 Å². The fourth-order valence-electron chi connectivity index (χ4n) is 3.52. The molecular weight excluding hydrogens is 380 g/mol. The maximum absolute atomic E-state index is 12.4. The van der Waals surface area contributed by atoms with E-state index in [0.29, 0.717) is 11.4 Å². The van der Waals surface area contributed by atoms with Crippen LogP contribution in [0.3, 0.4) is 0 Å². The molecule has 1 aliphatic rings. The van der Waals surface area contributed by atoms with Crippen molar-refractivity contribution >= 4 is 28.3 Å². The summed E-state index contributed by atoms with van der Waals surface area (Å²) < 4.78 is 1.75. The summed E-state index contributed by atoms with van der Waals surface area (Å²) in [4.78, 5) is 27.9. The highest BCUT2D eigenvalue weighted by molar-refractivity contribution is 6.04. The van der Waals surface area contributed by atoms with E-state index in [9.17, 15) is 4.79 Å². The first-order valence-electron chi connectivity index (χ1n) is 9.58. The molecule has 1 amide bonds. The minimum absolute atomic E-state index is 0.173. The smallest absolute Gasteiger partial charge is 0.256 e. The van der Waals surface area contributed by atoms with E-state index >= 15 is 0 Å². The van der Waals surface area contributed by atoms with Gasteiger partial charge in [-0.3, -0.25) is 14.5 Å². The topological polar surface area (TPSA) is 115 Å². The summed E-state index contributed by atoms with van der Waals surface area (Å²) in [5, 5.41) is 7.99. The zero-order valence-corrected chi connectivity index (χ0v) is 16.4. The van der Waals surface area contributed by atoms with Crippen LogP contribution in [0.4, 0.5) is 11.5 Å². The number of carbonyl (C=O) groups excluding carboxylic acids is 1. The molecule has 4 aromatic rings. The van der Waals surface area contributed by atoms with Crippen molar-refractivity contribution in [2.75, 3.05) is 23.3 Å².